The zero-order valence-corrected chi connectivity index (χ0v) is 15.6. The second kappa shape index (κ2) is 7.47. The van der Waals surface area contributed by atoms with Crippen molar-refractivity contribution in [1.82, 2.24) is 9.55 Å². The zero-order valence-electron chi connectivity index (χ0n) is 15.6. The molecule has 4 atom stereocenters. The number of rotatable bonds is 4. The number of benzene rings is 1. The Hall–Kier alpha value is -3.68. The van der Waals surface area contributed by atoms with Crippen LogP contribution in [-0.2, 0) is 25.1 Å². The van der Waals surface area contributed by atoms with Crippen LogP contribution < -0.4 is 11.2 Å². The molecule has 2 aliphatic heterocycles. The van der Waals surface area contributed by atoms with Crippen LogP contribution in [0.4, 0.5) is 22.4 Å². The summed E-state index contributed by atoms with van der Waals surface area (Å²) >= 11 is 0. The molecule has 0 bridgehead atoms. The molecule has 0 amide bonds. The fourth-order valence-corrected chi connectivity index (χ4v) is 3.25. The molecule has 1 aromatic carbocycles. The number of carbonyl (C=O) groups excluding carboxylic acids is 2. The molecule has 1 N–H and O–H groups in total. The van der Waals surface area contributed by atoms with Crippen LogP contribution in [0.3, 0.4) is 0 Å². The Morgan fingerprint density at radius 1 is 1.12 bits per heavy atom. The van der Waals surface area contributed by atoms with Crippen LogP contribution in [0, 0.1) is 0 Å². The number of carbonyl (C=O) groups is 2. The van der Waals surface area contributed by atoms with Gasteiger partial charge >= 0.3 is 24.0 Å². The van der Waals surface area contributed by atoms with Crippen LogP contribution >= 0.6 is 0 Å². The molecule has 0 radical (unpaired) electrons. The molecule has 0 unspecified atom stereocenters. The number of halogens is 4. The average molecular weight is 460 g/mol. The van der Waals surface area contributed by atoms with Gasteiger partial charge in [-0.2, -0.15) is 13.2 Å². The van der Waals surface area contributed by atoms with Crippen LogP contribution in [0.25, 0.3) is 0 Å². The normalized spacial score (nSPS) is 26.9. The van der Waals surface area contributed by atoms with E-state index in [1.807, 2.05) is 4.98 Å². The molecular formula is C18H12F4N2O8. The molecule has 0 saturated carbocycles. The van der Waals surface area contributed by atoms with Gasteiger partial charge in [-0.05, 0) is 24.3 Å². The first-order chi connectivity index (χ1) is 15.0. The van der Waals surface area contributed by atoms with Crippen molar-refractivity contribution in [1.29, 1.82) is 0 Å². The van der Waals surface area contributed by atoms with Gasteiger partial charge in [0.1, 0.15) is 0 Å². The predicted molar refractivity (Wildman–Crippen MR) is 92.2 cm³/mol. The lowest BCUT2D eigenvalue weighted by atomic mass is 10.1. The molecule has 0 spiro atoms. The number of hydrogen-bond donors (Lipinski definition) is 1. The van der Waals surface area contributed by atoms with Gasteiger partial charge in [0.05, 0.1) is 11.1 Å². The standard InChI is InChI=1S/C18H12F4N2O8/c19-17(7-29-14(26)8-1-3-9(4-2-8)18(20,21)22)12-11(30-16(28)31-12)13(32-17)24-6-5-10(25)23-15(24)27/h1-6,11-13H,7H2,(H,23,25,27)/t11-,12+,13-,17-/m1/s1. The Morgan fingerprint density at radius 2 is 1.81 bits per heavy atom. The van der Waals surface area contributed by atoms with E-state index in [1.165, 1.54) is 0 Å². The maximum Gasteiger partial charge on any atom is 0.509 e. The molecule has 4 rings (SSSR count). The minimum absolute atomic E-state index is 0.302. The molecule has 2 fully saturated rings. The molecular weight excluding hydrogens is 448 g/mol. The summed E-state index contributed by atoms with van der Waals surface area (Å²) in [6.07, 6.45) is -9.65. The second-order valence-corrected chi connectivity index (χ2v) is 6.83. The fourth-order valence-electron chi connectivity index (χ4n) is 3.25. The third kappa shape index (κ3) is 3.84. The van der Waals surface area contributed by atoms with Crippen molar-refractivity contribution in [3.63, 3.8) is 0 Å². The molecule has 0 aliphatic carbocycles. The van der Waals surface area contributed by atoms with Gasteiger partial charge < -0.3 is 18.9 Å². The van der Waals surface area contributed by atoms with Crippen molar-refractivity contribution < 1.29 is 46.1 Å². The van der Waals surface area contributed by atoms with Crippen molar-refractivity contribution in [3.8, 4) is 0 Å². The van der Waals surface area contributed by atoms with Gasteiger partial charge in [0.25, 0.3) is 11.4 Å². The monoisotopic (exact) mass is 460 g/mol. The summed E-state index contributed by atoms with van der Waals surface area (Å²) < 4.78 is 73.7. The summed E-state index contributed by atoms with van der Waals surface area (Å²) in [6.45, 7) is -1.14. The molecule has 2 saturated heterocycles. The molecule has 10 nitrogen and oxygen atoms in total. The first kappa shape index (κ1) is 21.5. The highest BCUT2D eigenvalue weighted by molar-refractivity contribution is 5.89. The molecule has 170 valence electrons. The number of nitrogens with zero attached hydrogens (tertiary/aromatic N) is 1. The summed E-state index contributed by atoms with van der Waals surface area (Å²) in [5.41, 5.74) is -3.03. The lowest BCUT2D eigenvalue weighted by Gasteiger charge is -2.23. The lowest BCUT2D eigenvalue weighted by Crippen LogP contribution is -2.42. The molecule has 2 aliphatic rings. The van der Waals surface area contributed by atoms with Gasteiger partial charge in [0, 0.05) is 12.3 Å². The minimum Gasteiger partial charge on any atom is -0.456 e. The molecule has 14 heteroatoms. The van der Waals surface area contributed by atoms with Crippen LogP contribution in [-0.4, -0.2) is 46.3 Å². The molecule has 3 heterocycles. The summed E-state index contributed by atoms with van der Waals surface area (Å²) in [5.74, 6) is -4.13. The zero-order chi connectivity index (χ0) is 23.3. The van der Waals surface area contributed by atoms with E-state index in [0.717, 1.165) is 29.0 Å². The van der Waals surface area contributed by atoms with Crippen molar-refractivity contribution in [2.75, 3.05) is 6.61 Å². The number of alkyl halides is 4. The Labute approximate surface area is 174 Å². The topological polar surface area (TPSA) is 126 Å². The van der Waals surface area contributed by atoms with E-state index in [4.69, 9.17) is 18.9 Å². The Bertz CT molecular complexity index is 1170. The molecule has 32 heavy (non-hydrogen) atoms. The SMILES string of the molecule is O=C1O[C@H]2[C@H](n3ccc(=O)[nH]c3=O)O[C@](F)(COC(=O)c3ccc(C(F)(F)F)cc3)[C@H]2O1. The summed E-state index contributed by atoms with van der Waals surface area (Å²) in [6, 6.07) is 3.93. The van der Waals surface area contributed by atoms with E-state index in [0.29, 0.717) is 12.1 Å². The first-order valence-electron chi connectivity index (χ1n) is 8.88. The predicted octanol–water partition coefficient (Wildman–Crippen LogP) is 1.51. The van der Waals surface area contributed by atoms with E-state index in [9.17, 15) is 32.3 Å². The number of hydrogen-bond acceptors (Lipinski definition) is 8. The van der Waals surface area contributed by atoms with Crippen LogP contribution in [0.2, 0.25) is 0 Å². The number of ether oxygens (including phenoxy) is 4. The van der Waals surface area contributed by atoms with Gasteiger partial charge in [-0.1, -0.05) is 0 Å². The third-order valence-electron chi connectivity index (χ3n) is 4.75. The summed E-state index contributed by atoms with van der Waals surface area (Å²) in [4.78, 5) is 48.8. The summed E-state index contributed by atoms with van der Waals surface area (Å²) in [5, 5.41) is 0. The fraction of sp³-hybridized carbons (Fsp3) is 0.333. The van der Waals surface area contributed by atoms with Crippen LogP contribution in [0.15, 0.2) is 46.1 Å². The maximum absolute atomic E-state index is 15.5. The van der Waals surface area contributed by atoms with E-state index < -0.39 is 66.0 Å². The average Bonchev–Trinajstić information content (AvgIpc) is 3.23. The van der Waals surface area contributed by atoms with Gasteiger partial charge in [-0.3, -0.25) is 14.3 Å². The quantitative estimate of drug-likeness (QED) is 0.538. The highest BCUT2D eigenvalue weighted by atomic mass is 19.4. The first-order valence-corrected chi connectivity index (χ1v) is 8.88. The molecule has 2 aromatic rings. The van der Waals surface area contributed by atoms with Crippen molar-refractivity contribution in [2.45, 2.75) is 30.5 Å². The van der Waals surface area contributed by atoms with Crippen molar-refractivity contribution in [2.24, 2.45) is 0 Å². The number of aromatic nitrogens is 2. The Balaban J connectivity index is 1.52. The third-order valence-corrected chi connectivity index (χ3v) is 4.75. The van der Waals surface area contributed by atoms with Gasteiger partial charge in [0.2, 0.25) is 6.10 Å². The van der Waals surface area contributed by atoms with E-state index >= 15 is 4.39 Å². The number of fused-ring (bicyclic) bond motifs is 1. The maximum atomic E-state index is 15.5. The van der Waals surface area contributed by atoms with E-state index in [1.54, 1.807) is 0 Å². The highest BCUT2D eigenvalue weighted by Crippen LogP contribution is 2.44. The van der Waals surface area contributed by atoms with Gasteiger partial charge in [0.15, 0.2) is 18.9 Å². The number of esters is 1. The lowest BCUT2D eigenvalue weighted by molar-refractivity contribution is -0.211. The number of nitrogens with one attached hydrogen (secondary N) is 1. The highest BCUT2D eigenvalue weighted by Gasteiger charge is 2.65. The van der Waals surface area contributed by atoms with E-state index in [2.05, 4.69) is 0 Å². The Morgan fingerprint density at radius 3 is 2.44 bits per heavy atom. The van der Waals surface area contributed by atoms with Crippen LogP contribution in [0.5, 0.6) is 0 Å². The number of aromatic amines is 1. The van der Waals surface area contributed by atoms with Crippen LogP contribution in [0.1, 0.15) is 22.1 Å². The Kier molecular flexibility index (Phi) is 5.03. The smallest absolute Gasteiger partial charge is 0.456 e. The van der Waals surface area contributed by atoms with Gasteiger partial charge in [-0.25, -0.2) is 18.8 Å². The summed E-state index contributed by atoms with van der Waals surface area (Å²) in [7, 11) is 0. The second-order valence-electron chi connectivity index (χ2n) is 6.83. The largest absolute Gasteiger partial charge is 0.509 e. The van der Waals surface area contributed by atoms with Gasteiger partial charge in [-0.15, -0.1) is 0 Å². The molecule has 1 aromatic heterocycles. The number of H-pyrrole nitrogens is 1. The van der Waals surface area contributed by atoms with E-state index in [-0.39, 0.29) is 5.56 Å². The van der Waals surface area contributed by atoms with Crippen molar-refractivity contribution in [3.05, 3.63) is 68.5 Å². The van der Waals surface area contributed by atoms with Crippen molar-refractivity contribution >= 4 is 12.1 Å². The minimum atomic E-state index is -4.61.